The number of primary amides is 1. The normalized spacial score (nSPS) is 18.7. The van der Waals surface area contributed by atoms with Crippen LogP contribution in [0.4, 0.5) is 19.7 Å². The second-order valence-corrected chi connectivity index (χ2v) is 34.8. The second-order valence-electron chi connectivity index (χ2n) is 34.8. The van der Waals surface area contributed by atoms with Crippen LogP contribution in [0.5, 0.6) is 0 Å². The van der Waals surface area contributed by atoms with E-state index in [1.54, 1.807) is 128 Å². The third-order valence-corrected chi connectivity index (χ3v) is 25.4. The summed E-state index contributed by atoms with van der Waals surface area (Å²) in [6.07, 6.45) is 3.68. The summed E-state index contributed by atoms with van der Waals surface area (Å²) in [5, 5.41) is 32.1. The number of methoxy groups -OCH3 is 2. The zero-order valence-corrected chi connectivity index (χ0v) is 74.7. The summed E-state index contributed by atoms with van der Waals surface area (Å²) in [4.78, 5) is 204. The van der Waals surface area contributed by atoms with Crippen molar-refractivity contribution in [1.29, 1.82) is 0 Å². The lowest BCUT2D eigenvalue weighted by Crippen LogP contribution is -2.60. The molecule has 682 valence electrons. The van der Waals surface area contributed by atoms with Crippen LogP contribution in [0, 0.1) is 42.3 Å². The number of cyclic esters (lactones) is 1. The van der Waals surface area contributed by atoms with Crippen LogP contribution < -0.4 is 48.5 Å². The molecule has 5 aliphatic rings. The van der Waals surface area contributed by atoms with Crippen LogP contribution >= 0.6 is 0 Å². The number of benzene rings is 3. The van der Waals surface area contributed by atoms with Crippen LogP contribution in [0.3, 0.4) is 0 Å². The number of unbranched alkanes of at least 4 members (excludes halogenated alkanes) is 2. The smallest absolute Gasteiger partial charge is 0.407 e. The summed E-state index contributed by atoms with van der Waals surface area (Å²) in [7, 11) is 6.09. The zero-order valence-electron chi connectivity index (χ0n) is 74.7. The van der Waals surface area contributed by atoms with Gasteiger partial charge < -0.3 is 86.3 Å². The molecule has 1 fully saturated rings. The molecular weight excluding hydrogens is 1620 g/mol. The minimum Gasteiger partial charge on any atom is -0.458 e. The highest BCUT2D eigenvalue weighted by Gasteiger charge is 2.48. The predicted octanol–water partition coefficient (Wildman–Crippen LogP) is 7.21. The molecule has 1 saturated heterocycles. The van der Waals surface area contributed by atoms with Crippen LogP contribution in [0.1, 0.15) is 197 Å². The van der Waals surface area contributed by atoms with Crippen molar-refractivity contribution < 1.29 is 90.8 Å². The van der Waals surface area contributed by atoms with Gasteiger partial charge in [-0.25, -0.2) is 23.8 Å². The lowest BCUT2D eigenvalue weighted by atomic mass is 9.81. The first kappa shape index (κ1) is 96.7. The third-order valence-electron chi connectivity index (χ3n) is 25.4. The Bertz CT molecular complexity index is 4980. The summed E-state index contributed by atoms with van der Waals surface area (Å²) < 4.78 is 40.5. The molecule has 34 heteroatoms. The fourth-order valence-electron chi connectivity index (χ4n) is 18.1. The Morgan fingerprint density at radius 3 is 2.05 bits per heavy atom. The molecule has 0 saturated carbocycles. The van der Waals surface area contributed by atoms with Crippen LogP contribution in [0.2, 0.25) is 0 Å². The molecule has 13 atom stereocenters. The summed E-state index contributed by atoms with van der Waals surface area (Å²) in [6, 6.07) is 9.51. The van der Waals surface area contributed by atoms with Gasteiger partial charge in [-0.2, -0.15) is 0 Å². The first-order valence-electron chi connectivity index (χ1n) is 43.7. The number of likely N-dealkylation sites (N-methyl/N-ethyl adjacent to an activating group) is 2. The largest absolute Gasteiger partial charge is 0.458 e. The molecular formula is C92H123FN14O19. The van der Waals surface area contributed by atoms with Crippen molar-refractivity contribution in [3.05, 3.63) is 140 Å². The highest BCUT2D eigenvalue weighted by Crippen LogP contribution is 2.46. The van der Waals surface area contributed by atoms with E-state index in [0.29, 0.717) is 114 Å². The fourth-order valence-corrected chi connectivity index (χ4v) is 18.1. The maximum atomic E-state index is 15.7. The van der Waals surface area contributed by atoms with Crippen molar-refractivity contribution in [1.82, 2.24) is 61.1 Å². The standard InChI is InChI=1S/C92H123FN14O19/c1-16-52(9)80(104(13)88(118)77(50(5)6)102-86(116)79(51(7)8)103(12)70(108)30-22-19-23-40-106-71(109)37-38-72(106)110)69(123-14)45-73(111)105-41-25-29-67(105)81(124-15)54(11)82(112)99-66(42-55-26-20-18-21-27-55)84(114)101-76(49(3)4)85(115)98-64(28-24-39-95-90(94)120)83(113)96-57-33-31-56(32-34-57)47-126-91(121)100-63-36-35-58-53(10)62(93)44-65-74(58)75(63)59-46-107-68(78(59)97-65)43-61-60(87(107)117)48-125-89(119)92(61,122)17-2/h18,20-21,26-27,31-34,37-38,43-44,49-52,54,63-64,66-67,69,76-77,79-81,122H,16-17,19,22-25,28-30,35-36,39-42,45-48H2,1-15H3,(H,96,113)(H,98,115)(H,99,112)(H,100,121)(H,101,114)(H,102,116)(H3,94,95,120)/t52-,54+,63?,64-,66+,67-,69+,76-,77-,79-,80-,81+,92-/m0/s1. The van der Waals surface area contributed by atoms with Gasteiger partial charge in [0.05, 0.1) is 71.7 Å². The minimum absolute atomic E-state index is 0.0187. The zero-order chi connectivity index (χ0) is 92.0. The number of imide groups is 1. The average molecular weight is 1750 g/mol. The van der Waals surface area contributed by atoms with E-state index in [9.17, 15) is 72.2 Å². The monoisotopic (exact) mass is 1750 g/mol. The number of hydrogen-bond acceptors (Lipinski definition) is 20. The van der Waals surface area contributed by atoms with Crippen LogP contribution in [0.15, 0.2) is 83.7 Å². The van der Waals surface area contributed by atoms with Gasteiger partial charge in [0.1, 0.15) is 49.2 Å². The number of aryl methyl sites for hydroxylation is 1. The van der Waals surface area contributed by atoms with E-state index in [1.807, 2.05) is 27.7 Å². The predicted molar refractivity (Wildman–Crippen MR) is 465 cm³/mol. The number of likely N-dealkylation sites (tertiary alicyclic amines) is 1. The number of aliphatic hydroxyl groups is 1. The molecule has 0 bridgehead atoms. The van der Waals surface area contributed by atoms with Crippen molar-refractivity contribution in [3.8, 4) is 11.4 Å². The van der Waals surface area contributed by atoms with Crippen molar-refractivity contribution in [3.63, 3.8) is 0 Å². The Morgan fingerprint density at radius 2 is 1.41 bits per heavy atom. The summed E-state index contributed by atoms with van der Waals surface area (Å²) in [5.41, 5.74) is 7.83. The number of anilines is 1. The maximum absolute atomic E-state index is 15.7. The van der Waals surface area contributed by atoms with Crippen LogP contribution in [0.25, 0.3) is 22.3 Å². The number of halogens is 1. The van der Waals surface area contributed by atoms with Crippen LogP contribution in [-0.2, 0) is 110 Å². The highest BCUT2D eigenvalue weighted by molar-refractivity contribution is 6.13. The molecule has 0 radical (unpaired) electrons. The number of nitrogens with one attached hydrogen (secondary N) is 7. The number of esters is 1. The number of ether oxygens (including phenoxy) is 4. The molecule has 13 amide bonds. The lowest BCUT2D eigenvalue weighted by Gasteiger charge is -2.41. The van der Waals surface area contributed by atoms with E-state index >= 15 is 4.39 Å². The maximum Gasteiger partial charge on any atom is 0.407 e. The van der Waals surface area contributed by atoms with Gasteiger partial charge in [0.2, 0.25) is 47.3 Å². The Balaban J connectivity index is 0.765. The number of alkyl carbamates (subject to hydrolysis) is 1. The molecule has 6 heterocycles. The third kappa shape index (κ3) is 21.9. The van der Waals surface area contributed by atoms with Gasteiger partial charge in [0.25, 0.3) is 17.4 Å². The molecule has 33 nitrogen and oxygen atoms in total. The number of nitrogens with two attached hydrogens (primary N) is 1. The minimum atomic E-state index is -2.08. The molecule has 0 spiro atoms. The number of urea groups is 1. The first-order chi connectivity index (χ1) is 59.9. The molecule has 2 aromatic heterocycles. The number of hydrogen-bond donors (Lipinski definition) is 9. The van der Waals surface area contributed by atoms with Crippen molar-refractivity contribution in [2.45, 2.75) is 252 Å². The van der Waals surface area contributed by atoms with Crippen molar-refractivity contribution in [2.75, 3.05) is 53.3 Å². The Labute approximate surface area is 733 Å². The Kier molecular flexibility index (Phi) is 32.7. The molecule has 5 aromatic rings. The first-order valence-corrected chi connectivity index (χ1v) is 43.7. The van der Waals surface area contributed by atoms with Gasteiger partial charge in [0, 0.05) is 101 Å². The van der Waals surface area contributed by atoms with Crippen molar-refractivity contribution in [2.24, 2.45) is 35.3 Å². The number of pyridine rings is 2. The highest BCUT2D eigenvalue weighted by atomic mass is 19.1. The molecule has 126 heavy (non-hydrogen) atoms. The van der Waals surface area contributed by atoms with Gasteiger partial charge in [-0.05, 0) is 134 Å². The van der Waals surface area contributed by atoms with Gasteiger partial charge >= 0.3 is 18.1 Å². The average Bonchev–Trinajstić information content (AvgIpc) is 1.48. The van der Waals surface area contributed by atoms with Crippen molar-refractivity contribution >= 4 is 93.8 Å². The number of nitrogens with zero attached hydrogens (tertiary/aromatic N) is 6. The SMILES string of the molecule is CC[C@H](C)[C@@H]([C@@H](CC(=O)N1CCC[C@H]1[C@H](OC)[C@@H](C)C(=O)N[C@H](Cc1ccccc1)C(=O)N[C@H](C(=O)N[C@@H](CCCNC(N)=O)C(=O)Nc1ccc(COC(=O)NC2CCc3c(C)c(F)cc4nc5c(c2c34)Cn2c-5cc3c(c2=O)COC(=O)[C@]3(O)CC)cc1)C(C)C)OC)N(C)C(=O)[C@@H](NC(=O)[C@H](C(C)C)N(C)C(=O)CCCCCN1C(=O)C=CC1=O)C(C)C. The van der Waals surface area contributed by atoms with E-state index < -0.39 is 149 Å². The molecule has 4 aliphatic heterocycles. The summed E-state index contributed by atoms with van der Waals surface area (Å²) >= 11 is 0. The van der Waals surface area contributed by atoms with Gasteiger partial charge in [-0.1, -0.05) is 125 Å². The number of fused-ring (bicyclic) bond motifs is 5. The number of amides is 13. The number of aromatic nitrogens is 2. The Hall–Kier alpha value is -11.5. The molecule has 3 aromatic carbocycles. The molecule has 10 rings (SSSR count). The van der Waals surface area contributed by atoms with E-state index in [-0.39, 0.29) is 124 Å². The summed E-state index contributed by atoms with van der Waals surface area (Å²) in [5.74, 6) is -8.99. The van der Waals surface area contributed by atoms with E-state index in [2.05, 4.69) is 37.2 Å². The Morgan fingerprint density at radius 1 is 0.738 bits per heavy atom. The van der Waals surface area contributed by atoms with E-state index in [0.717, 1.165) is 4.90 Å². The molecule has 10 N–H and O–H groups in total. The van der Waals surface area contributed by atoms with Crippen LogP contribution in [-0.4, -0.2) is 214 Å². The number of rotatable bonds is 41. The second kappa shape index (κ2) is 42.6. The van der Waals surface area contributed by atoms with Gasteiger partial charge in [-0.15, -0.1) is 0 Å². The number of carbonyl (C=O) groups is 13. The summed E-state index contributed by atoms with van der Waals surface area (Å²) in [6.45, 7) is 19.5. The molecule has 1 unspecified atom stereocenters. The van der Waals surface area contributed by atoms with Gasteiger partial charge in [0.15, 0.2) is 5.60 Å². The van der Waals surface area contributed by atoms with E-state index in [1.165, 1.54) is 46.8 Å². The van der Waals surface area contributed by atoms with Gasteiger partial charge in [-0.3, -0.25) is 57.6 Å². The number of carbonyl (C=O) groups excluding carboxylic acids is 13. The molecule has 1 aliphatic carbocycles. The topological polar surface area (TPSA) is 437 Å². The van der Waals surface area contributed by atoms with E-state index in [4.69, 9.17) is 29.7 Å². The quantitative estimate of drug-likeness (QED) is 0.0104. The fraction of sp³-hybridized carbons (Fsp3) is 0.554. The lowest BCUT2D eigenvalue weighted by molar-refractivity contribution is -0.172.